The van der Waals surface area contributed by atoms with Gasteiger partial charge in [-0.2, -0.15) is 13.2 Å². The van der Waals surface area contributed by atoms with Gasteiger partial charge in [0, 0.05) is 21.7 Å². The Hall–Kier alpha value is -1.98. The quantitative estimate of drug-likeness (QED) is 0.150. The summed E-state index contributed by atoms with van der Waals surface area (Å²) in [4.78, 5) is 13.2. The van der Waals surface area contributed by atoms with Crippen molar-refractivity contribution in [1.82, 2.24) is 0 Å². The highest BCUT2D eigenvalue weighted by molar-refractivity contribution is 7.97. The highest BCUT2D eigenvalue weighted by atomic mass is 32.2. The van der Waals surface area contributed by atoms with Crippen LogP contribution in [0.4, 0.5) is 18.0 Å². The van der Waals surface area contributed by atoms with Crippen LogP contribution in [-0.2, 0) is 25.7 Å². The molecule has 1 fully saturated rings. The number of unbranched alkanes of at least 4 members (excludes halogenated alkanes) is 1. The van der Waals surface area contributed by atoms with E-state index in [1.165, 1.54) is 34.6 Å². The molecular weight excluding hydrogens is 457 g/mol. The van der Waals surface area contributed by atoms with Crippen molar-refractivity contribution in [2.45, 2.75) is 43.0 Å². The largest absolute Gasteiger partial charge is 0.741 e. The van der Waals surface area contributed by atoms with Gasteiger partial charge in [0.1, 0.15) is 17.3 Å². The summed E-state index contributed by atoms with van der Waals surface area (Å²) in [5, 5.41) is 2.20. The molecular formula is C20H23F3O6S2. The lowest BCUT2D eigenvalue weighted by Gasteiger charge is -2.10. The number of hydrogen-bond donors (Lipinski definition) is 0. The van der Waals surface area contributed by atoms with Crippen LogP contribution in [0.25, 0.3) is 10.8 Å². The van der Waals surface area contributed by atoms with Crippen LogP contribution in [0.2, 0.25) is 0 Å². The molecule has 1 aliphatic rings. The predicted octanol–water partition coefficient (Wildman–Crippen LogP) is 4.98. The predicted molar refractivity (Wildman–Crippen MR) is 111 cm³/mol. The second-order valence-corrected chi connectivity index (χ2v) is 10.3. The Morgan fingerprint density at radius 1 is 1.10 bits per heavy atom. The van der Waals surface area contributed by atoms with Crippen LogP contribution in [0.15, 0.2) is 41.3 Å². The molecule has 31 heavy (non-hydrogen) atoms. The van der Waals surface area contributed by atoms with E-state index in [9.17, 15) is 18.0 Å². The molecule has 0 saturated carbocycles. The van der Waals surface area contributed by atoms with Crippen LogP contribution >= 0.6 is 0 Å². The molecule has 0 N–H and O–H groups in total. The molecule has 1 saturated heterocycles. The van der Waals surface area contributed by atoms with Gasteiger partial charge in [-0.05, 0) is 37.5 Å². The summed E-state index contributed by atoms with van der Waals surface area (Å²) in [5.74, 6) is 3.15. The first-order chi connectivity index (χ1) is 14.5. The van der Waals surface area contributed by atoms with Crippen molar-refractivity contribution >= 4 is 37.9 Å². The topological polar surface area (TPSA) is 92.7 Å². The number of alkyl halides is 3. The smallest absolute Gasteiger partial charge is 0.513 e. The molecule has 0 aromatic heterocycles. The average Bonchev–Trinajstić information content (AvgIpc) is 3.21. The Bertz CT molecular complexity index is 986. The first-order valence-electron chi connectivity index (χ1n) is 9.60. The summed E-state index contributed by atoms with van der Waals surface area (Å²) in [5.41, 5.74) is -5.65. The molecule has 1 heterocycles. The van der Waals surface area contributed by atoms with E-state index in [0.29, 0.717) is 23.3 Å². The van der Waals surface area contributed by atoms with Crippen LogP contribution in [0, 0.1) is 0 Å². The summed E-state index contributed by atoms with van der Waals surface area (Å²) in [6.07, 6.45) is 3.88. The van der Waals surface area contributed by atoms with E-state index in [0.717, 1.165) is 18.2 Å². The SMILES string of the molecule is CCCCOC(=O)Oc1cccc2c([S+]3CCCC3)cccc12.O=S(=O)([O-])C(F)(F)F. The van der Waals surface area contributed by atoms with Gasteiger partial charge in [0.25, 0.3) is 0 Å². The van der Waals surface area contributed by atoms with Crippen molar-refractivity contribution in [2.24, 2.45) is 0 Å². The third kappa shape index (κ3) is 7.29. The molecule has 2 aromatic rings. The number of carbonyl (C=O) groups is 1. The highest BCUT2D eigenvalue weighted by Crippen LogP contribution is 2.34. The molecule has 0 atom stereocenters. The zero-order valence-corrected chi connectivity index (χ0v) is 18.4. The van der Waals surface area contributed by atoms with Gasteiger partial charge in [-0.1, -0.05) is 31.5 Å². The van der Waals surface area contributed by atoms with E-state index in [-0.39, 0.29) is 0 Å². The van der Waals surface area contributed by atoms with Gasteiger partial charge in [-0.25, -0.2) is 13.2 Å². The summed E-state index contributed by atoms with van der Waals surface area (Å²) in [7, 11) is -5.75. The maximum atomic E-state index is 11.8. The van der Waals surface area contributed by atoms with E-state index in [2.05, 4.69) is 25.1 Å². The third-order valence-electron chi connectivity index (χ3n) is 4.38. The van der Waals surface area contributed by atoms with Gasteiger partial charge >= 0.3 is 11.7 Å². The minimum absolute atomic E-state index is 0.336. The summed E-state index contributed by atoms with van der Waals surface area (Å²) < 4.78 is 69.4. The zero-order chi connectivity index (χ0) is 23.1. The fourth-order valence-corrected chi connectivity index (χ4v) is 5.40. The molecule has 0 radical (unpaired) electrons. The molecule has 1 aliphatic heterocycles. The number of ether oxygens (including phenoxy) is 2. The molecule has 3 rings (SSSR count). The van der Waals surface area contributed by atoms with Gasteiger partial charge in [-0.3, -0.25) is 0 Å². The van der Waals surface area contributed by atoms with Crippen molar-refractivity contribution in [1.29, 1.82) is 0 Å². The molecule has 0 unspecified atom stereocenters. The Labute approximate surface area is 181 Å². The lowest BCUT2D eigenvalue weighted by molar-refractivity contribution is -0.0517. The van der Waals surface area contributed by atoms with E-state index in [4.69, 9.17) is 22.4 Å². The summed E-state index contributed by atoms with van der Waals surface area (Å²) in [6.45, 7) is 2.47. The van der Waals surface area contributed by atoms with E-state index < -0.39 is 21.8 Å². The number of carbonyl (C=O) groups excluding carboxylic acids is 1. The maximum absolute atomic E-state index is 11.8. The van der Waals surface area contributed by atoms with Crippen LogP contribution in [-0.4, -0.2) is 42.7 Å². The van der Waals surface area contributed by atoms with Crippen LogP contribution in [0.5, 0.6) is 5.75 Å². The molecule has 2 aromatic carbocycles. The fraction of sp³-hybridized carbons (Fsp3) is 0.450. The van der Waals surface area contributed by atoms with Crippen molar-refractivity contribution in [3.05, 3.63) is 36.4 Å². The monoisotopic (exact) mass is 480 g/mol. The minimum atomic E-state index is -6.09. The van der Waals surface area contributed by atoms with Crippen LogP contribution in [0.1, 0.15) is 32.6 Å². The second-order valence-electron chi connectivity index (χ2n) is 6.67. The van der Waals surface area contributed by atoms with Crippen LogP contribution in [0.3, 0.4) is 0 Å². The zero-order valence-electron chi connectivity index (χ0n) is 16.8. The third-order valence-corrected chi connectivity index (χ3v) is 7.49. The van der Waals surface area contributed by atoms with Gasteiger partial charge < -0.3 is 14.0 Å². The van der Waals surface area contributed by atoms with Crippen molar-refractivity contribution in [3.8, 4) is 5.75 Å². The molecule has 0 aliphatic carbocycles. The molecule has 6 nitrogen and oxygen atoms in total. The number of rotatable bonds is 5. The van der Waals surface area contributed by atoms with Gasteiger partial charge in [0.2, 0.25) is 0 Å². The Morgan fingerprint density at radius 3 is 2.26 bits per heavy atom. The van der Waals surface area contributed by atoms with Gasteiger partial charge in [-0.15, -0.1) is 0 Å². The van der Waals surface area contributed by atoms with Crippen molar-refractivity contribution < 1.29 is 40.4 Å². The van der Waals surface area contributed by atoms with Gasteiger partial charge in [0.15, 0.2) is 15.0 Å². The second kappa shape index (κ2) is 11.1. The molecule has 172 valence electrons. The summed E-state index contributed by atoms with van der Waals surface area (Å²) >= 11 is 0. The normalized spacial score (nSPS) is 14.7. The molecule has 11 heteroatoms. The number of benzene rings is 2. The van der Waals surface area contributed by atoms with E-state index in [1.54, 1.807) is 0 Å². The number of halogens is 3. The van der Waals surface area contributed by atoms with Gasteiger partial charge in [0.05, 0.1) is 6.61 Å². The Morgan fingerprint density at radius 2 is 1.68 bits per heavy atom. The molecule has 0 bridgehead atoms. The first-order valence-corrected chi connectivity index (χ1v) is 12.6. The minimum Gasteiger partial charge on any atom is -0.741 e. The number of fused-ring (bicyclic) bond motifs is 1. The average molecular weight is 481 g/mol. The first kappa shape index (κ1) is 25.3. The summed E-state index contributed by atoms with van der Waals surface area (Å²) in [6, 6.07) is 12.2. The lowest BCUT2D eigenvalue weighted by atomic mass is 10.1. The highest BCUT2D eigenvalue weighted by Gasteiger charge is 2.37. The fourth-order valence-electron chi connectivity index (χ4n) is 2.89. The Kier molecular flexibility index (Phi) is 9.01. The van der Waals surface area contributed by atoms with Crippen LogP contribution < -0.4 is 4.74 Å². The Balaban J connectivity index is 0.000000366. The number of hydrogen-bond acceptors (Lipinski definition) is 6. The molecule has 0 amide bonds. The lowest BCUT2D eigenvalue weighted by Crippen LogP contribution is -2.21. The standard InChI is InChI=1S/C19H23O3S.CHF3O3S/c1-2-3-12-21-19(20)22-17-10-6-9-16-15(17)8-7-11-18(16)23-13-4-5-14-23;2-1(3,4)8(5,6)7/h6-11H,2-5,12-14H2,1H3;(H,5,6,7)/q+1;/p-1. The van der Waals surface area contributed by atoms with Crippen molar-refractivity contribution in [2.75, 3.05) is 18.1 Å². The van der Waals surface area contributed by atoms with Crippen molar-refractivity contribution in [3.63, 3.8) is 0 Å². The van der Waals surface area contributed by atoms with E-state index >= 15 is 0 Å². The molecule has 0 spiro atoms. The maximum Gasteiger partial charge on any atom is 0.513 e. The van der Waals surface area contributed by atoms with E-state index in [1.807, 2.05) is 18.2 Å².